The number of hydrogen-bond donors (Lipinski definition) is 0. The third-order valence-electron chi connectivity index (χ3n) is 4.86. The van der Waals surface area contributed by atoms with Crippen molar-refractivity contribution in [3.8, 4) is 11.3 Å². The largest absolute Gasteiger partial charge is 0.457 e. The molecule has 6 heteroatoms. The second-order valence-electron chi connectivity index (χ2n) is 6.64. The fourth-order valence-corrected chi connectivity index (χ4v) is 4.91. The normalized spacial score (nSPS) is 20.8. The van der Waals surface area contributed by atoms with Crippen molar-refractivity contribution in [1.82, 2.24) is 9.88 Å². The molecule has 0 atom stereocenters. The van der Waals surface area contributed by atoms with Gasteiger partial charge in [-0.1, -0.05) is 49.7 Å². The molecular formula is C20H20N2O2S2. The number of pyridine rings is 1. The van der Waals surface area contributed by atoms with Gasteiger partial charge in [-0.2, -0.15) is 0 Å². The van der Waals surface area contributed by atoms with Crippen LogP contribution in [-0.4, -0.2) is 26.2 Å². The Balaban J connectivity index is 1.54. The molecule has 3 heterocycles. The van der Waals surface area contributed by atoms with Crippen molar-refractivity contribution in [2.24, 2.45) is 0 Å². The average molecular weight is 385 g/mol. The molecule has 4 nitrogen and oxygen atoms in total. The maximum atomic E-state index is 12.9. The smallest absolute Gasteiger partial charge is 0.266 e. The standard InChI is InChI=1S/C20H20N2O2S2/c23-19-18(26-20(25)22(19)15-7-3-1-2-4-8-15)12-16-9-10-17(24-16)14-6-5-11-21-13-14/h5-6,9-13,15H,1-4,7-8H2. The summed E-state index contributed by atoms with van der Waals surface area (Å²) in [5.74, 6) is 1.42. The molecule has 2 aromatic heterocycles. The molecule has 1 saturated carbocycles. The van der Waals surface area contributed by atoms with Gasteiger partial charge in [0.25, 0.3) is 5.91 Å². The van der Waals surface area contributed by atoms with Crippen molar-refractivity contribution < 1.29 is 9.21 Å². The number of furan rings is 1. The van der Waals surface area contributed by atoms with Crippen molar-refractivity contribution in [2.45, 2.75) is 44.6 Å². The van der Waals surface area contributed by atoms with Gasteiger partial charge in [-0.05, 0) is 37.1 Å². The van der Waals surface area contributed by atoms with Crippen molar-refractivity contribution in [3.63, 3.8) is 0 Å². The summed E-state index contributed by atoms with van der Waals surface area (Å²) in [6, 6.07) is 7.84. The van der Waals surface area contributed by atoms with Crippen LogP contribution in [0.5, 0.6) is 0 Å². The number of thiocarbonyl (C=S) groups is 1. The summed E-state index contributed by atoms with van der Waals surface area (Å²) in [6.07, 6.45) is 12.2. The van der Waals surface area contributed by atoms with Gasteiger partial charge in [0, 0.05) is 30.1 Å². The van der Waals surface area contributed by atoms with E-state index in [0.717, 1.165) is 24.2 Å². The van der Waals surface area contributed by atoms with Crippen LogP contribution in [0.2, 0.25) is 0 Å². The molecule has 2 aliphatic rings. The second-order valence-corrected chi connectivity index (χ2v) is 8.32. The summed E-state index contributed by atoms with van der Waals surface area (Å²) in [7, 11) is 0. The highest BCUT2D eigenvalue weighted by atomic mass is 32.2. The van der Waals surface area contributed by atoms with Crippen LogP contribution in [0.3, 0.4) is 0 Å². The lowest BCUT2D eigenvalue weighted by atomic mass is 10.1. The predicted molar refractivity (Wildman–Crippen MR) is 108 cm³/mol. The van der Waals surface area contributed by atoms with Crippen molar-refractivity contribution in [1.29, 1.82) is 0 Å². The number of carbonyl (C=O) groups excluding carboxylic acids is 1. The summed E-state index contributed by atoms with van der Waals surface area (Å²) in [5, 5.41) is 0. The van der Waals surface area contributed by atoms with E-state index >= 15 is 0 Å². The molecule has 1 saturated heterocycles. The second kappa shape index (κ2) is 7.76. The molecule has 1 aliphatic heterocycles. The first kappa shape index (κ1) is 17.5. The van der Waals surface area contributed by atoms with Gasteiger partial charge >= 0.3 is 0 Å². The van der Waals surface area contributed by atoms with Gasteiger partial charge < -0.3 is 4.42 Å². The monoisotopic (exact) mass is 384 g/mol. The van der Waals surface area contributed by atoms with E-state index in [0.29, 0.717) is 15.0 Å². The number of thioether (sulfide) groups is 1. The van der Waals surface area contributed by atoms with E-state index < -0.39 is 0 Å². The third-order valence-corrected chi connectivity index (χ3v) is 6.19. The van der Waals surface area contributed by atoms with Crippen LogP contribution in [0, 0.1) is 0 Å². The van der Waals surface area contributed by atoms with Gasteiger partial charge in [-0.3, -0.25) is 14.7 Å². The maximum Gasteiger partial charge on any atom is 0.266 e. The molecule has 0 aromatic carbocycles. The third kappa shape index (κ3) is 3.62. The van der Waals surface area contributed by atoms with E-state index in [4.69, 9.17) is 16.6 Å². The van der Waals surface area contributed by atoms with Crippen LogP contribution in [0.4, 0.5) is 0 Å². The number of aromatic nitrogens is 1. The zero-order valence-electron chi connectivity index (χ0n) is 14.4. The molecule has 0 spiro atoms. The maximum absolute atomic E-state index is 12.9. The molecule has 26 heavy (non-hydrogen) atoms. The minimum atomic E-state index is 0.0197. The SMILES string of the molecule is O=C1C(=Cc2ccc(-c3cccnc3)o2)SC(=S)N1C1CCCCCC1. The Morgan fingerprint density at radius 1 is 1.19 bits per heavy atom. The van der Waals surface area contributed by atoms with E-state index in [2.05, 4.69) is 4.98 Å². The molecule has 4 rings (SSSR count). The summed E-state index contributed by atoms with van der Waals surface area (Å²) in [6.45, 7) is 0. The minimum absolute atomic E-state index is 0.0197. The molecule has 1 amide bonds. The quantitative estimate of drug-likeness (QED) is 0.410. The first-order chi connectivity index (χ1) is 12.7. The Labute approximate surface area is 162 Å². The van der Waals surface area contributed by atoms with Gasteiger partial charge in [0.15, 0.2) is 0 Å². The van der Waals surface area contributed by atoms with Crippen molar-refractivity contribution in [3.05, 3.63) is 47.3 Å². The molecule has 1 aliphatic carbocycles. The summed E-state index contributed by atoms with van der Waals surface area (Å²) in [5.41, 5.74) is 0.915. The Kier molecular flexibility index (Phi) is 5.22. The number of carbonyl (C=O) groups is 1. The van der Waals surface area contributed by atoms with Crippen molar-refractivity contribution >= 4 is 40.3 Å². The number of hydrogen-bond acceptors (Lipinski definition) is 5. The van der Waals surface area contributed by atoms with Gasteiger partial charge in [0.2, 0.25) is 0 Å². The van der Waals surface area contributed by atoms with Crippen LogP contribution in [0.1, 0.15) is 44.3 Å². The zero-order chi connectivity index (χ0) is 17.9. The minimum Gasteiger partial charge on any atom is -0.457 e. The summed E-state index contributed by atoms with van der Waals surface area (Å²) < 4.78 is 6.55. The fraction of sp³-hybridized carbons (Fsp3) is 0.350. The number of amides is 1. The lowest BCUT2D eigenvalue weighted by molar-refractivity contribution is -0.123. The van der Waals surface area contributed by atoms with Crippen LogP contribution in [0.25, 0.3) is 17.4 Å². The van der Waals surface area contributed by atoms with E-state index in [-0.39, 0.29) is 11.9 Å². The fourth-order valence-electron chi connectivity index (χ4n) is 3.53. The van der Waals surface area contributed by atoms with Crippen LogP contribution >= 0.6 is 24.0 Å². The molecule has 0 radical (unpaired) electrons. The van der Waals surface area contributed by atoms with Gasteiger partial charge in [0.05, 0.1) is 4.91 Å². The number of nitrogens with zero attached hydrogens (tertiary/aromatic N) is 2. The van der Waals surface area contributed by atoms with Gasteiger partial charge in [0.1, 0.15) is 15.8 Å². The zero-order valence-corrected chi connectivity index (χ0v) is 16.0. The highest BCUT2D eigenvalue weighted by Crippen LogP contribution is 2.37. The molecule has 0 unspecified atom stereocenters. The van der Waals surface area contributed by atoms with E-state index in [1.165, 1.54) is 37.4 Å². The molecule has 134 valence electrons. The Hall–Kier alpha value is -1.92. The molecule has 2 aromatic rings. The first-order valence-corrected chi connectivity index (χ1v) is 10.2. The first-order valence-electron chi connectivity index (χ1n) is 9.00. The van der Waals surface area contributed by atoms with Crippen molar-refractivity contribution in [2.75, 3.05) is 0 Å². The molecular weight excluding hydrogens is 364 g/mol. The van der Waals surface area contributed by atoms with Gasteiger partial charge in [-0.15, -0.1) is 0 Å². The highest BCUT2D eigenvalue weighted by molar-refractivity contribution is 8.26. The predicted octanol–water partition coefficient (Wildman–Crippen LogP) is 5.27. The van der Waals surface area contributed by atoms with Gasteiger partial charge in [-0.25, -0.2) is 0 Å². The van der Waals surface area contributed by atoms with E-state index in [9.17, 15) is 4.79 Å². The Bertz CT molecular complexity index is 837. The highest BCUT2D eigenvalue weighted by Gasteiger charge is 2.37. The molecule has 0 bridgehead atoms. The Morgan fingerprint density at radius 2 is 2.00 bits per heavy atom. The summed E-state index contributed by atoms with van der Waals surface area (Å²) in [4.78, 5) is 19.5. The van der Waals surface area contributed by atoms with E-state index in [1.807, 2.05) is 29.2 Å². The van der Waals surface area contributed by atoms with E-state index in [1.54, 1.807) is 18.5 Å². The Morgan fingerprint density at radius 3 is 2.73 bits per heavy atom. The average Bonchev–Trinajstić information content (AvgIpc) is 3.11. The van der Waals surface area contributed by atoms with Crippen LogP contribution < -0.4 is 0 Å². The molecule has 0 N–H and O–H groups in total. The molecule has 2 fully saturated rings. The van der Waals surface area contributed by atoms with Crippen LogP contribution in [-0.2, 0) is 4.79 Å². The summed E-state index contributed by atoms with van der Waals surface area (Å²) >= 11 is 6.88. The lowest BCUT2D eigenvalue weighted by Crippen LogP contribution is -2.38. The topological polar surface area (TPSA) is 46.3 Å². The number of rotatable bonds is 3. The lowest BCUT2D eigenvalue weighted by Gasteiger charge is -2.25. The van der Waals surface area contributed by atoms with Crippen LogP contribution in [0.15, 0.2) is 46.0 Å².